The lowest BCUT2D eigenvalue weighted by Crippen LogP contribution is -2.47. The van der Waals surface area contributed by atoms with Gasteiger partial charge in [0, 0.05) is 19.0 Å². The molecule has 1 N–H and O–H groups in total. The van der Waals surface area contributed by atoms with E-state index >= 15 is 0 Å². The zero-order chi connectivity index (χ0) is 10.9. The van der Waals surface area contributed by atoms with Crippen LogP contribution in [0.4, 0.5) is 0 Å². The normalized spacial score (nSPS) is 32.9. The van der Waals surface area contributed by atoms with Gasteiger partial charge in [0.05, 0.1) is 5.60 Å². The van der Waals surface area contributed by atoms with Crippen LogP contribution in [0.5, 0.6) is 0 Å². The maximum absolute atomic E-state index is 10.7. The fraction of sp³-hybridized carbons (Fsp3) is 0.538. The average Bonchev–Trinajstić information content (AvgIpc) is 2.25. The molecule has 1 aromatic carbocycles. The second-order valence-corrected chi connectivity index (χ2v) is 4.70. The van der Waals surface area contributed by atoms with Crippen LogP contribution in [0.1, 0.15) is 18.9 Å². The van der Waals surface area contributed by atoms with Gasteiger partial charge in [-0.25, -0.2) is 0 Å². The Bertz CT molecular complexity index is 325. The van der Waals surface area contributed by atoms with Crippen molar-refractivity contribution in [3.8, 4) is 0 Å². The van der Waals surface area contributed by atoms with E-state index < -0.39 is 5.60 Å². The Morgan fingerprint density at radius 2 is 2.00 bits per heavy atom. The van der Waals surface area contributed by atoms with Gasteiger partial charge in [0.15, 0.2) is 0 Å². The van der Waals surface area contributed by atoms with Crippen LogP contribution < -0.4 is 0 Å². The first-order valence-electron chi connectivity index (χ1n) is 5.59. The zero-order valence-corrected chi connectivity index (χ0v) is 9.48. The lowest BCUT2D eigenvalue weighted by molar-refractivity contribution is -0.0659. The summed E-state index contributed by atoms with van der Waals surface area (Å²) in [5.74, 6) is 0.290. The molecular formula is C13H19NO. The molecule has 0 aromatic heterocycles. The molecule has 0 bridgehead atoms. The van der Waals surface area contributed by atoms with Crippen LogP contribution in [0, 0.1) is 5.92 Å². The average molecular weight is 205 g/mol. The van der Waals surface area contributed by atoms with Crippen molar-refractivity contribution < 1.29 is 5.11 Å². The molecule has 0 saturated carbocycles. The number of nitrogens with zero attached hydrogens (tertiary/aromatic N) is 1. The Kier molecular flexibility index (Phi) is 2.81. The first kappa shape index (κ1) is 10.7. The number of rotatable bonds is 1. The van der Waals surface area contributed by atoms with Crippen molar-refractivity contribution in [3.63, 3.8) is 0 Å². The molecule has 1 aromatic rings. The molecule has 0 spiro atoms. The molecular weight excluding hydrogens is 186 g/mol. The van der Waals surface area contributed by atoms with Crippen LogP contribution in [0.15, 0.2) is 30.3 Å². The van der Waals surface area contributed by atoms with Crippen LogP contribution in [-0.2, 0) is 5.60 Å². The molecule has 0 amide bonds. The number of piperidine rings is 1. The Hall–Kier alpha value is -0.860. The molecule has 1 fully saturated rings. The minimum Gasteiger partial charge on any atom is -0.385 e. The van der Waals surface area contributed by atoms with Crippen LogP contribution in [-0.4, -0.2) is 30.1 Å². The lowest BCUT2D eigenvalue weighted by atomic mass is 9.77. The van der Waals surface area contributed by atoms with Gasteiger partial charge in [-0.1, -0.05) is 37.3 Å². The highest BCUT2D eigenvalue weighted by Crippen LogP contribution is 2.36. The van der Waals surface area contributed by atoms with Gasteiger partial charge < -0.3 is 10.0 Å². The van der Waals surface area contributed by atoms with Crippen LogP contribution >= 0.6 is 0 Å². The van der Waals surface area contributed by atoms with Crippen molar-refractivity contribution in [2.24, 2.45) is 5.92 Å². The van der Waals surface area contributed by atoms with Crippen molar-refractivity contribution in [3.05, 3.63) is 35.9 Å². The van der Waals surface area contributed by atoms with Gasteiger partial charge in [-0.3, -0.25) is 0 Å². The van der Waals surface area contributed by atoms with Crippen molar-refractivity contribution >= 4 is 0 Å². The van der Waals surface area contributed by atoms with Crippen LogP contribution in [0.2, 0.25) is 0 Å². The Labute approximate surface area is 91.5 Å². The van der Waals surface area contributed by atoms with Crippen molar-refractivity contribution in [2.45, 2.75) is 18.9 Å². The van der Waals surface area contributed by atoms with Gasteiger partial charge in [-0.05, 0) is 19.0 Å². The Morgan fingerprint density at radius 1 is 1.33 bits per heavy atom. The van der Waals surface area contributed by atoms with E-state index in [1.165, 1.54) is 0 Å². The highest BCUT2D eigenvalue weighted by molar-refractivity contribution is 5.24. The van der Waals surface area contributed by atoms with E-state index in [1.54, 1.807) is 0 Å². The summed E-state index contributed by atoms with van der Waals surface area (Å²) in [6, 6.07) is 10.0. The summed E-state index contributed by atoms with van der Waals surface area (Å²) in [6.45, 7) is 4.06. The van der Waals surface area contributed by atoms with Crippen molar-refractivity contribution in [1.29, 1.82) is 0 Å². The third kappa shape index (κ3) is 1.92. The summed E-state index contributed by atoms with van der Waals surface area (Å²) in [5, 5.41) is 10.7. The largest absolute Gasteiger partial charge is 0.385 e. The highest BCUT2D eigenvalue weighted by atomic mass is 16.3. The summed E-state index contributed by atoms with van der Waals surface area (Å²) < 4.78 is 0. The van der Waals surface area contributed by atoms with E-state index in [0.717, 1.165) is 25.1 Å². The second kappa shape index (κ2) is 3.95. The molecule has 2 nitrogen and oxygen atoms in total. The molecule has 1 aliphatic rings. The molecule has 2 atom stereocenters. The maximum atomic E-state index is 10.7. The minimum absolute atomic E-state index is 0.290. The van der Waals surface area contributed by atoms with Gasteiger partial charge >= 0.3 is 0 Å². The number of aliphatic hydroxyl groups is 1. The second-order valence-electron chi connectivity index (χ2n) is 4.70. The van der Waals surface area contributed by atoms with Crippen LogP contribution in [0.3, 0.4) is 0 Å². The zero-order valence-electron chi connectivity index (χ0n) is 9.48. The minimum atomic E-state index is -0.631. The molecule has 1 saturated heterocycles. The Balaban J connectivity index is 2.27. The smallest absolute Gasteiger partial charge is 0.0946 e. The maximum Gasteiger partial charge on any atom is 0.0946 e. The van der Waals surface area contributed by atoms with Gasteiger partial charge in [-0.15, -0.1) is 0 Å². The third-order valence-corrected chi connectivity index (χ3v) is 3.55. The fourth-order valence-electron chi connectivity index (χ4n) is 2.47. The lowest BCUT2D eigenvalue weighted by Gasteiger charge is -2.42. The van der Waals surface area contributed by atoms with Gasteiger partial charge in [-0.2, -0.15) is 0 Å². The number of likely N-dealkylation sites (tertiary alicyclic amines) is 1. The molecule has 82 valence electrons. The number of hydrogen-bond donors (Lipinski definition) is 1. The van der Waals surface area contributed by atoms with E-state index in [0.29, 0.717) is 5.92 Å². The molecule has 2 heteroatoms. The SMILES string of the molecule is CC1CN(C)CCC1(O)c1ccccc1. The first-order valence-corrected chi connectivity index (χ1v) is 5.59. The van der Waals surface area contributed by atoms with Gasteiger partial charge in [0.25, 0.3) is 0 Å². The number of benzene rings is 1. The molecule has 0 aliphatic carbocycles. The van der Waals surface area contributed by atoms with E-state index in [-0.39, 0.29) is 0 Å². The molecule has 1 aliphatic heterocycles. The van der Waals surface area contributed by atoms with Gasteiger partial charge in [0.2, 0.25) is 0 Å². The topological polar surface area (TPSA) is 23.5 Å². The van der Waals surface area contributed by atoms with E-state index in [9.17, 15) is 5.11 Å². The number of hydrogen-bond acceptors (Lipinski definition) is 2. The van der Waals surface area contributed by atoms with Gasteiger partial charge in [0.1, 0.15) is 0 Å². The molecule has 1 heterocycles. The summed E-state index contributed by atoms with van der Waals surface area (Å²) in [7, 11) is 2.11. The fourth-order valence-corrected chi connectivity index (χ4v) is 2.47. The molecule has 2 rings (SSSR count). The molecule has 2 unspecified atom stereocenters. The highest BCUT2D eigenvalue weighted by Gasteiger charge is 2.38. The predicted octanol–water partition coefficient (Wildman–Crippen LogP) is 1.85. The summed E-state index contributed by atoms with van der Waals surface area (Å²) in [4.78, 5) is 2.28. The predicted molar refractivity (Wildman–Crippen MR) is 61.6 cm³/mol. The van der Waals surface area contributed by atoms with Crippen molar-refractivity contribution in [1.82, 2.24) is 4.90 Å². The summed E-state index contributed by atoms with van der Waals surface area (Å²) in [5.41, 5.74) is 0.430. The van der Waals surface area contributed by atoms with Crippen molar-refractivity contribution in [2.75, 3.05) is 20.1 Å². The quantitative estimate of drug-likeness (QED) is 0.756. The van der Waals surface area contributed by atoms with E-state index in [2.05, 4.69) is 18.9 Å². The van der Waals surface area contributed by atoms with Crippen LogP contribution in [0.25, 0.3) is 0 Å². The monoisotopic (exact) mass is 205 g/mol. The summed E-state index contributed by atoms with van der Waals surface area (Å²) in [6.07, 6.45) is 0.828. The first-order chi connectivity index (χ1) is 7.13. The summed E-state index contributed by atoms with van der Waals surface area (Å²) >= 11 is 0. The van der Waals surface area contributed by atoms with E-state index in [4.69, 9.17) is 0 Å². The third-order valence-electron chi connectivity index (χ3n) is 3.55. The van der Waals surface area contributed by atoms with E-state index in [1.807, 2.05) is 30.3 Å². The molecule has 0 radical (unpaired) electrons. The molecule has 15 heavy (non-hydrogen) atoms. The standard InChI is InChI=1S/C13H19NO/c1-11-10-14(2)9-8-13(11,15)12-6-4-3-5-7-12/h3-7,11,15H,8-10H2,1-2H3. The Morgan fingerprint density at radius 3 is 2.60 bits per heavy atom.